The minimum absolute atomic E-state index is 0.152. The van der Waals surface area contributed by atoms with E-state index in [1.54, 1.807) is 0 Å². The molecule has 0 fully saturated rings. The standard InChI is InChI=1S/C13H22N2O3S/c1-4-12-13(6-5-11(2)15-12)18-9-7-14-8-10-19(3,16)17/h5-6,14H,4,7-10H2,1-3H3. The second kappa shape index (κ2) is 7.45. The quantitative estimate of drug-likeness (QED) is 0.721. The fourth-order valence-corrected chi connectivity index (χ4v) is 2.11. The van der Waals surface area contributed by atoms with Crippen molar-refractivity contribution >= 4 is 9.84 Å². The molecule has 5 nitrogen and oxygen atoms in total. The molecular formula is C13H22N2O3S. The largest absolute Gasteiger partial charge is 0.490 e. The second-order valence-corrected chi connectivity index (χ2v) is 6.74. The van der Waals surface area contributed by atoms with Gasteiger partial charge in [0.2, 0.25) is 0 Å². The van der Waals surface area contributed by atoms with Crippen LogP contribution in [-0.4, -0.2) is 45.1 Å². The summed E-state index contributed by atoms with van der Waals surface area (Å²) < 4.78 is 27.5. The molecule has 6 heteroatoms. The van der Waals surface area contributed by atoms with Gasteiger partial charge in [0, 0.05) is 25.0 Å². The average molecular weight is 286 g/mol. The highest BCUT2D eigenvalue weighted by atomic mass is 32.2. The monoisotopic (exact) mass is 286 g/mol. The Hall–Kier alpha value is -1.14. The average Bonchev–Trinajstić information content (AvgIpc) is 2.33. The molecule has 0 aromatic carbocycles. The molecule has 0 saturated heterocycles. The van der Waals surface area contributed by atoms with Crippen molar-refractivity contribution in [1.29, 1.82) is 0 Å². The normalized spacial score (nSPS) is 11.5. The summed E-state index contributed by atoms with van der Waals surface area (Å²) in [5.41, 5.74) is 1.94. The van der Waals surface area contributed by atoms with E-state index in [2.05, 4.69) is 10.3 Å². The molecule has 0 aliphatic heterocycles. The van der Waals surface area contributed by atoms with Crippen molar-refractivity contribution in [2.45, 2.75) is 20.3 Å². The summed E-state index contributed by atoms with van der Waals surface area (Å²) in [6, 6.07) is 3.85. The topological polar surface area (TPSA) is 68.3 Å². The van der Waals surface area contributed by atoms with Crippen molar-refractivity contribution in [2.24, 2.45) is 0 Å². The van der Waals surface area contributed by atoms with Gasteiger partial charge in [-0.05, 0) is 25.5 Å². The van der Waals surface area contributed by atoms with Crippen LogP contribution in [0.5, 0.6) is 5.75 Å². The van der Waals surface area contributed by atoms with Crippen LogP contribution in [0.1, 0.15) is 18.3 Å². The highest BCUT2D eigenvalue weighted by Crippen LogP contribution is 2.16. The minimum atomic E-state index is -2.89. The summed E-state index contributed by atoms with van der Waals surface area (Å²) in [5.74, 6) is 0.956. The molecule has 0 saturated carbocycles. The number of rotatable bonds is 8. The fourth-order valence-electron chi connectivity index (χ4n) is 1.60. The third-order valence-electron chi connectivity index (χ3n) is 2.59. The number of ether oxygens (including phenoxy) is 1. The van der Waals surface area contributed by atoms with Crippen molar-refractivity contribution < 1.29 is 13.2 Å². The van der Waals surface area contributed by atoms with E-state index in [4.69, 9.17) is 4.74 Å². The molecule has 108 valence electrons. The number of nitrogens with one attached hydrogen (secondary N) is 1. The van der Waals surface area contributed by atoms with Crippen LogP contribution in [0.2, 0.25) is 0 Å². The van der Waals surface area contributed by atoms with Crippen molar-refractivity contribution in [1.82, 2.24) is 10.3 Å². The van der Waals surface area contributed by atoms with Gasteiger partial charge in [-0.2, -0.15) is 0 Å². The molecule has 0 bridgehead atoms. The maximum absolute atomic E-state index is 10.9. The van der Waals surface area contributed by atoms with E-state index >= 15 is 0 Å². The van der Waals surface area contributed by atoms with Crippen LogP contribution in [0, 0.1) is 6.92 Å². The Morgan fingerprint density at radius 3 is 2.68 bits per heavy atom. The third kappa shape index (κ3) is 6.54. The molecule has 0 spiro atoms. The van der Waals surface area contributed by atoms with E-state index < -0.39 is 9.84 Å². The van der Waals surface area contributed by atoms with Crippen LogP contribution >= 0.6 is 0 Å². The Morgan fingerprint density at radius 1 is 1.32 bits per heavy atom. The first-order valence-electron chi connectivity index (χ1n) is 6.40. The van der Waals surface area contributed by atoms with Gasteiger partial charge in [0.25, 0.3) is 0 Å². The summed E-state index contributed by atoms with van der Waals surface area (Å²) in [6.07, 6.45) is 2.06. The van der Waals surface area contributed by atoms with Crippen LogP contribution < -0.4 is 10.1 Å². The van der Waals surface area contributed by atoms with Gasteiger partial charge in [-0.15, -0.1) is 0 Å². The molecule has 0 aliphatic rings. The maximum atomic E-state index is 10.9. The number of hydrogen-bond acceptors (Lipinski definition) is 5. The summed E-state index contributed by atoms with van der Waals surface area (Å²) in [4.78, 5) is 4.41. The zero-order valence-corrected chi connectivity index (χ0v) is 12.6. The van der Waals surface area contributed by atoms with Gasteiger partial charge in [0.05, 0.1) is 11.4 Å². The Morgan fingerprint density at radius 2 is 2.05 bits per heavy atom. The van der Waals surface area contributed by atoms with Crippen molar-refractivity contribution in [2.75, 3.05) is 31.7 Å². The highest BCUT2D eigenvalue weighted by molar-refractivity contribution is 7.90. The van der Waals surface area contributed by atoms with Gasteiger partial charge in [-0.25, -0.2) is 8.42 Å². The first-order valence-corrected chi connectivity index (χ1v) is 8.46. The molecule has 0 radical (unpaired) electrons. The van der Waals surface area contributed by atoms with Crippen molar-refractivity contribution in [3.05, 3.63) is 23.5 Å². The van der Waals surface area contributed by atoms with Crippen molar-refractivity contribution in [3.63, 3.8) is 0 Å². The van der Waals surface area contributed by atoms with Gasteiger partial charge in [0.1, 0.15) is 22.2 Å². The van der Waals surface area contributed by atoms with Gasteiger partial charge in [0.15, 0.2) is 0 Å². The fraction of sp³-hybridized carbons (Fsp3) is 0.615. The molecule has 1 aromatic rings. The summed E-state index contributed by atoms with van der Waals surface area (Å²) in [5, 5.41) is 3.04. The van der Waals surface area contributed by atoms with E-state index in [0.29, 0.717) is 19.7 Å². The lowest BCUT2D eigenvalue weighted by Crippen LogP contribution is -2.26. The Kier molecular flexibility index (Phi) is 6.24. The number of nitrogens with zero attached hydrogens (tertiary/aromatic N) is 1. The van der Waals surface area contributed by atoms with E-state index in [1.165, 1.54) is 6.26 Å². The first-order chi connectivity index (χ1) is 8.92. The van der Waals surface area contributed by atoms with E-state index in [-0.39, 0.29) is 5.75 Å². The molecule has 0 unspecified atom stereocenters. The lowest BCUT2D eigenvalue weighted by molar-refractivity contribution is 0.311. The van der Waals surface area contributed by atoms with Gasteiger partial charge >= 0.3 is 0 Å². The van der Waals surface area contributed by atoms with Crippen molar-refractivity contribution in [3.8, 4) is 5.75 Å². The van der Waals surface area contributed by atoms with E-state index in [0.717, 1.165) is 23.6 Å². The van der Waals surface area contributed by atoms with Crippen LogP contribution in [0.4, 0.5) is 0 Å². The summed E-state index contributed by atoms with van der Waals surface area (Å²) >= 11 is 0. The lowest BCUT2D eigenvalue weighted by Gasteiger charge is -2.10. The van der Waals surface area contributed by atoms with Crippen LogP contribution in [0.15, 0.2) is 12.1 Å². The number of aryl methyl sites for hydroxylation is 2. The van der Waals surface area contributed by atoms with Crippen LogP contribution in [0.3, 0.4) is 0 Å². The Labute approximate surface area is 115 Å². The van der Waals surface area contributed by atoms with E-state index in [9.17, 15) is 8.42 Å². The molecule has 0 amide bonds. The SMILES string of the molecule is CCc1nc(C)ccc1OCCNCCS(C)(=O)=O. The Bertz CT molecular complexity index is 501. The minimum Gasteiger partial charge on any atom is -0.490 e. The predicted octanol–water partition coefficient (Wildman–Crippen LogP) is 0.965. The molecule has 1 rings (SSSR count). The molecule has 0 atom stereocenters. The molecule has 0 aliphatic carbocycles. The second-order valence-electron chi connectivity index (χ2n) is 4.48. The smallest absolute Gasteiger partial charge is 0.148 e. The van der Waals surface area contributed by atoms with Crippen LogP contribution in [-0.2, 0) is 16.3 Å². The lowest BCUT2D eigenvalue weighted by atomic mass is 10.2. The zero-order chi connectivity index (χ0) is 14.3. The summed E-state index contributed by atoms with van der Waals surface area (Å²) in [7, 11) is -2.89. The van der Waals surface area contributed by atoms with Gasteiger partial charge in [-0.1, -0.05) is 6.92 Å². The van der Waals surface area contributed by atoms with Gasteiger partial charge < -0.3 is 10.1 Å². The molecule has 1 heterocycles. The molecule has 1 N–H and O–H groups in total. The molecule has 1 aromatic heterocycles. The third-order valence-corrected chi connectivity index (χ3v) is 3.54. The molecular weight excluding hydrogens is 264 g/mol. The maximum Gasteiger partial charge on any atom is 0.148 e. The molecule has 19 heavy (non-hydrogen) atoms. The number of aromatic nitrogens is 1. The first kappa shape index (κ1) is 15.9. The predicted molar refractivity (Wildman–Crippen MR) is 76.4 cm³/mol. The van der Waals surface area contributed by atoms with E-state index in [1.807, 2.05) is 26.0 Å². The van der Waals surface area contributed by atoms with Crippen LogP contribution in [0.25, 0.3) is 0 Å². The number of hydrogen-bond donors (Lipinski definition) is 1. The Balaban J connectivity index is 2.30. The zero-order valence-electron chi connectivity index (χ0n) is 11.8. The number of pyridine rings is 1. The summed E-state index contributed by atoms with van der Waals surface area (Å²) in [6.45, 7) is 5.57. The number of sulfone groups is 1. The van der Waals surface area contributed by atoms with Gasteiger partial charge in [-0.3, -0.25) is 4.98 Å². The highest BCUT2D eigenvalue weighted by Gasteiger charge is 2.04.